The van der Waals surface area contributed by atoms with E-state index in [1.807, 2.05) is 67.3 Å². The van der Waals surface area contributed by atoms with Crippen LogP contribution in [0.2, 0.25) is 0 Å². The molecule has 0 aliphatic carbocycles. The molecule has 0 radical (unpaired) electrons. The van der Waals surface area contributed by atoms with Gasteiger partial charge in [0.1, 0.15) is 11.6 Å². The molecule has 1 aromatic heterocycles. The second-order valence-electron chi connectivity index (χ2n) is 7.51. The Morgan fingerprint density at radius 1 is 1.21 bits per heavy atom. The number of aryl methyl sites for hydroxylation is 1. The second-order valence-corrected chi connectivity index (χ2v) is 7.51. The van der Waals surface area contributed by atoms with Crippen LogP contribution in [0.5, 0.6) is 5.75 Å². The van der Waals surface area contributed by atoms with E-state index in [2.05, 4.69) is 16.4 Å². The Morgan fingerprint density at radius 3 is 2.75 bits per heavy atom. The standard InChI is InChI=1S/C22H30N4O2/c1-17-7-4-5-9-20(17)28-16-22(27)26-13-6-8-18(12-14-26)24-19-10-11-21(23-15-19)25(2)3/h4-5,7,9-11,15,18,24H,6,8,12-14,16H2,1-3H3/t18-/m0/s1. The molecule has 3 rings (SSSR count). The van der Waals surface area contributed by atoms with Crippen LogP contribution in [0.4, 0.5) is 11.5 Å². The normalized spacial score (nSPS) is 17.0. The molecule has 1 amide bonds. The average molecular weight is 383 g/mol. The molecule has 2 aromatic rings. The van der Waals surface area contributed by atoms with Gasteiger partial charge in [-0.25, -0.2) is 4.98 Å². The monoisotopic (exact) mass is 382 g/mol. The number of likely N-dealkylation sites (tertiary alicyclic amines) is 1. The summed E-state index contributed by atoms with van der Waals surface area (Å²) >= 11 is 0. The van der Waals surface area contributed by atoms with E-state index in [1.54, 1.807) is 0 Å². The number of aromatic nitrogens is 1. The van der Waals surface area contributed by atoms with Gasteiger partial charge in [0.2, 0.25) is 0 Å². The SMILES string of the molecule is Cc1ccccc1OCC(=O)N1CCC[C@H](Nc2ccc(N(C)C)nc2)CC1. The highest BCUT2D eigenvalue weighted by Crippen LogP contribution is 2.19. The van der Waals surface area contributed by atoms with Crippen LogP contribution in [-0.2, 0) is 4.79 Å². The van der Waals surface area contributed by atoms with E-state index in [0.717, 1.165) is 55.2 Å². The molecular formula is C22H30N4O2. The van der Waals surface area contributed by atoms with E-state index in [0.29, 0.717) is 6.04 Å². The van der Waals surface area contributed by atoms with Gasteiger partial charge in [-0.2, -0.15) is 0 Å². The van der Waals surface area contributed by atoms with Crippen molar-refractivity contribution < 1.29 is 9.53 Å². The number of nitrogens with one attached hydrogen (secondary N) is 1. The lowest BCUT2D eigenvalue weighted by Crippen LogP contribution is -2.36. The average Bonchev–Trinajstić information content (AvgIpc) is 2.93. The molecule has 0 saturated carbocycles. The summed E-state index contributed by atoms with van der Waals surface area (Å²) < 4.78 is 5.73. The summed E-state index contributed by atoms with van der Waals surface area (Å²) in [5, 5.41) is 3.56. The Morgan fingerprint density at radius 2 is 2.04 bits per heavy atom. The zero-order valence-electron chi connectivity index (χ0n) is 17.0. The number of carbonyl (C=O) groups is 1. The zero-order chi connectivity index (χ0) is 19.9. The van der Waals surface area contributed by atoms with E-state index in [9.17, 15) is 4.79 Å². The van der Waals surface area contributed by atoms with Gasteiger partial charge in [0.05, 0.1) is 11.9 Å². The van der Waals surface area contributed by atoms with Crippen molar-refractivity contribution in [1.29, 1.82) is 0 Å². The number of anilines is 2. The number of pyridine rings is 1. The number of rotatable bonds is 6. The lowest BCUT2D eigenvalue weighted by atomic mass is 10.1. The highest BCUT2D eigenvalue weighted by atomic mass is 16.5. The van der Waals surface area contributed by atoms with Crippen LogP contribution in [0.15, 0.2) is 42.6 Å². The van der Waals surface area contributed by atoms with Crippen molar-refractivity contribution in [3.05, 3.63) is 48.2 Å². The maximum atomic E-state index is 12.6. The predicted molar refractivity (Wildman–Crippen MR) is 113 cm³/mol. The van der Waals surface area contributed by atoms with Gasteiger partial charge in [-0.15, -0.1) is 0 Å². The fourth-order valence-electron chi connectivity index (χ4n) is 3.41. The molecule has 1 saturated heterocycles. The van der Waals surface area contributed by atoms with Gasteiger partial charge in [0, 0.05) is 33.2 Å². The topological polar surface area (TPSA) is 57.7 Å². The first-order valence-electron chi connectivity index (χ1n) is 9.89. The van der Waals surface area contributed by atoms with Gasteiger partial charge in [-0.1, -0.05) is 18.2 Å². The number of nitrogens with zero attached hydrogens (tertiary/aromatic N) is 3. The molecule has 0 spiro atoms. The number of hydrogen-bond donors (Lipinski definition) is 1. The molecule has 28 heavy (non-hydrogen) atoms. The van der Waals surface area contributed by atoms with E-state index in [-0.39, 0.29) is 12.5 Å². The molecule has 1 N–H and O–H groups in total. The maximum absolute atomic E-state index is 12.6. The van der Waals surface area contributed by atoms with E-state index < -0.39 is 0 Å². The largest absolute Gasteiger partial charge is 0.484 e. The maximum Gasteiger partial charge on any atom is 0.260 e. The zero-order valence-corrected chi connectivity index (χ0v) is 17.0. The van der Waals surface area contributed by atoms with Crippen molar-refractivity contribution in [1.82, 2.24) is 9.88 Å². The van der Waals surface area contributed by atoms with Crippen molar-refractivity contribution >= 4 is 17.4 Å². The van der Waals surface area contributed by atoms with Crippen LogP contribution < -0.4 is 15.0 Å². The number of amides is 1. The molecule has 0 bridgehead atoms. The van der Waals surface area contributed by atoms with Crippen LogP contribution in [0.25, 0.3) is 0 Å². The quantitative estimate of drug-likeness (QED) is 0.830. The third-order valence-corrected chi connectivity index (χ3v) is 5.10. The lowest BCUT2D eigenvalue weighted by molar-refractivity contribution is -0.133. The number of ether oxygens (including phenoxy) is 1. The molecule has 1 fully saturated rings. The Bertz CT molecular complexity index is 776. The van der Waals surface area contributed by atoms with Crippen LogP contribution >= 0.6 is 0 Å². The highest BCUT2D eigenvalue weighted by molar-refractivity contribution is 5.77. The first-order chi connectivity index (χ1) is 13.5. The fraction of sp³-hybridized carbons (Fsp3) is 0.455. The molecule has 2 heterocycles. The third-order valence-electron chi connectivity index (χ3n) is 5.10. The number of hydrogen-bond acceptors (Lipinski definition) is 5. The van der Waals surface area contributed by atoms with Gasteiger partial charge >= 0.3 is 0 Å². The van der Waals surface area contributed by atoms with Crippen molar-refractivity contribution in [2.75, 3.05) is 44.0 Å². The molecular weight excluding hydrogens is 352 g/mol. The Balaban J connectivity index is 1.48. The van der Waals surface area contributed by atoms with Gasteiger partial charge in [-0.05, 0) is 49.9 Å². The van der Waals surface area contributed by atoms with Gasteiger partial charge in [0.15, 0.2) is 6.61 Å². The minimum atomic E-state index is 0.0564. The van der Waals surface area contributed by atoms with Crippen LogP contribution in [0, 0.1) is 6.92 Å². The van der Waals surface area contributed by atoms with Gasteiger partial charge in [-0.3, -0.25) is 4.79 Å². The Kier molecular flexibility index (Phi) is 6.74. The van der Waals surface area contributed by atoms with Crippen LogP contribution in [0.1, 0.15) is 24.8 Å². The van der Waals surface area contributed by atoms with E-state index in [1.165, 1.54) is 0 Å². The summed E-state index contributed by atoms with van der Waals surface area (Å²) in [5.74, 6) is 1.77. The minimum absolute atomic E-state index is 0.0564. The summed E-state index contributed by atoms with van der Waals surface area (Å²) in [5.41, 5.74) is 2.07. The van der Waals surface area contributed by atoms with Gasteiger partial charge in [0.25, 0.3) is 5.91 Å². The van der Waals surface area contributed by atoms with Crippen molar-refractivity contribution in [3.63, 3.8) is 0 Å². The molecule has 1 aliphatic rings. The lowest BCUT2D eigenvalue weighted by Gasteiger charge is -2.21. The second kappa shape index (κ2) is 9.44. The molecule has 1 atom stereocenters. The minimum Gasteiger partial charge on any atom is -0.484 e. The first-order valence-corrected chi connectivity index (χ1v) is 9.89. The van der Waals surface area contributed by atoms with Crippen molar-refractivity contribution in [2.24, 2.45) is 0 Å². The molecule has 6 heteroatoms. The first kappa shape index (κ1) is 20.0. The molecule has 1 aliphatic heterocycles. The summed E-state index contributed by atoms with van der Waals surface area (Å²) in [7, 11) is 3.96. The smallest absolute Gasteiger partial charge is 0.260 e. The molecule has 150 valence electrons. The highest BCUT2D eigenvalue weighted by Gasteiger charge is 2.21. The number of benzene rings is 1. The summed E-state index contributed by atoms with van der Waals surface area (Å²) in [6.07, 6.45) is 4.82. The summed E-state index contributed by atoms with van der Waals surface area (Å²) in [6.45, 7) is 3.61. The summed E-state index contributed by atoms with van der Waals surface area (Å²) in [6, 6.07) is 12.2. The van der Waals surface area contributed by atoms with E-state index in [4.69, 9.17) is 4.74 Å². The molecule has 6 nitrogen and oxygen atoms in total. The number of carbonyl (C=O) groups excluding carboxylic acids is 1. The van der Waals surface area contributed by atoms with Crippen molar-refractivity contribution in [2.45, 2.75) is 32.2 Å². The van der Waals surface area contributed by atoms with Crippen molar-refractivity contribution in [3.8, 4) is 5.75 Å². The molecule has 1 aromatic carbocycles. The molecule has 0 unspecified atom stereocenters. The number of para-hydroxylation sites is 1. The van der Waals surface area contributed by atoms with Gasteiger partial charge < -0.3 is 19.9 Å². The Labute approximate surface area is 167 Å². The van der Waals surface area contributed by atoms with Crippen LogP contribution in [-0.4, -0.2) is 55.6 Å². The Hall–Kier alpha value is -2.76. The predicted octanol–water partition coefficient (Wildman–Crippen LogP) is 3.33. The fourth-order valence-corrected chi connectivity index (χ4v) is 3.41. The summed E-state index contributed by atoms with van der Waals surface area (Å²) in [4.78, 5) is 20.9. The van der Waals surface area contributed by atoms with Crippen LogP contribution in [0.3, 0.4) is 0 Å². The third kappa shape index (κ3) is 5.38. The van der Waals surface area contributed by atoms with E-state index >= 15 is 0 Å².